The normalized spacial score (nSPS) is 14.8. The zero-order valence-corrected chi connectivity index (χ0v) is 17.0. The van der Waals surface area contributed by atoms with E-state index in [-0.39, 0.29) is 0 Å². The van der Waals surface area contributed by atoms with Crippen LogP contribution in [0.4, 0.5) is 5.69 Å². The third kappa shape index (κ3) is 3.63. The van der Waals surface area contributed by atoms with E-state index in [4.69, 9.17) is 10.5 Å². The highest BCUT2D eigenvalue weighted by molar-refractivity contribution is 5.71. The Balaban J connectivity index is 1.46. The van der Waals surface area contributed by atoms with Crippen LogP contribution in [0, 0.1) is 0 Å². The van der Waals surface area contributed by atoms with E-state index in [1.54, 1.807) is 6.20 Å². The van der Waals surface area contributed by atoms with Gasteiger partial charge in [0.05, 0.1) is 17.6 Å². The van der Waals surface area contributed by atoms with Gasteiger partial charge in [-0.15, -0.1) is 0 Å². The number of ether oxygens (including phenoxy) is 1. The smallest absolute Gasteiger partial charge is 0.178 e. The van der Waals surface area contributed by atoms with Crippen LogP contribution >= 0.6 is 0 Å². The summed E-state index contributed by atoms with van der Waals surface area (Å²) in [7, 11) is 0. The first kappa shape index (κ1) is 18.7. The van der Waals surface area contributed by atoms with Crippen LogP contribution in [-0.2, 0) is 6.61 Å². The molecular formula is C25H26N4O. The minimum atomic E-state index is 0.479. The molecule has 0 bridgehead atoms. The molecule has 0 aliphatic heterocycles. The molecule has 4 aromatic rings. The number of aromatic nitrogens is 3. The highest BCUT2D eigenvalue weighted by Gasteiger charge is 2.24. The number of nitrogens with two attached hydrogens (primary N) is 1. The maximum absolute atomic E-state index is 6.10. The first-order valence-corrected chi connectivity index (χ1v) is 10.7. The summed E-state index contributed by atoms with van der Waals surface area (Å²) in [6, 6.07) is 18.5. The van der Waals surface area contributed by atoms with Crippen molar-refractivity contribution in [3.05, 3.63) is 78.2 Å². The first-order valence-electron chi connectivity index (χ1n) is 10.7. The molecule has 1 aliphatic rings. The Bertz CT molecular complexity index is 1130. The van der Waals surface area contributed by atoms with Crippen molar-refractivity contribution in [1.82, 2.24) is 14.6 Å². The minimum absolute atomic E-state index is 0.479. The summed E-state index contributed by atoms with van der Waals surface area (Å²) in [4.78, 5) is 4.62. The Morgan fingerprint density at radius 1 is 0.933 bits per heavy atom. The average Bonchev–Trinajstić information content (AvgIpc) is 3.19. The van der Waals surface area contributed by atoms with Crippen molar-refractivity contribution in [2.45, 2.75) is 44.6 Å². The quantitative estimate of drug-likeness (QED) is 0.475. The summed E-state index contributed by atoms with van der Waals surface area (Å²) < 4.78 is 7.91. The molecule has 2 heterocycles. The second-order valence-electron chi connectivity index (χ2n) is 8.03. The third-order valence-electron chi connectivity index (χ3n) is 6.00. The van der Waals surface area contributed by atoms with Crippen LogP contribution in [0.15, 0.2) is 67.0 Å². The fourth-order valence-corrected chi connectivity index (χ4v) is 4.43. The molecule has 1 fully saturated rings. The van der Waals surface area contributed by atoms with Crippen LogP contribution in [-0.4, -0.2) is 14.6 Å². The highest BCUT2D eigenvalue weighted by Crippen LogP contribution is 2.38. The molecule has 1 aliphatic carbocycles. The Morgan fingerprint density at radius 2 is 1.70 bits per heavy atom. The number of nitrogen functional groups attached to an aromatic ring is 1. The van der Waals surface area contributed by atoms with E-state index in [1.165, 1.54) is 37.8 Å². The number of anilines is 1. The van der Waals surface area contributed by atoms with E-state index in [0.29, 0.717) is 18.2 Å². The molecule has 0 saturated heterocycles. The summed E-state index contributed by atoms with van der Waals surface area (Å²) in [6.07, 6.45) is 9.87. The molecule has 0 amide bonds. The van der Waals surface area contributed by atoms with Crippen molar-refractivity contribution in [1.29, 1.82) is 0 Å². The molecule has 0 radical (unpaired) electrons. The van der Waals surface area contributed by atoms with E-state index in [9.17, 15) is 0 Å². The first-order chi connectivity index (χ1) is 14.8. The summed E-state index contributed by atoms with van der Waals surface area (Å²) in [6.45, 7) is 0.563. The molecule has 5 nitrogen and oxygen atoms in total. The summed E-state index contributed by atoms with van der Waals surface area (Å²) >= 11 is 0. The number of hydrogen-bond donors (Lipinski definition) is 1. The van der Waals surface area contributed by atoms with E-state index in [1.807, 2.05) is 41.0 Å². The third-order valence-corrected chi connectivity index (χ3v) is 6.00. The van der Waals surface area contributed by atoms with Gasteiger partial charge in [0.15, 0.2) is 5.65 Å². The highest BCUT2D eigenvalue weighted by atomic mass is 16.5. The van der Waals surface area contributed by atoms with Gasteiger partial charge in [0.2, 0.25) is 0 Å². The molecule has 0 unspecified atom stereocenters. The van der Waals surface area contributed by atoms with Gasteiger partial charge in [-0.2, -0.15) is 5.10 Å². The van der Waals surface area contributed by atoms with Crippen LogP contribution in [0.25, 0.3) is 16.8 Å². The van der Waals surface area contributed by atoms with Crippen LogP contribution in [0.1, 0.15) is 49.3 Å². The molecule has 152 valence electrons. The lowest BCUT2D eigenvalue weighted by Crippen LogP contribution is -2.12. The van der Waals surface area contributed by atoms with Gasteiger partial charge in [0, 0.05) is 17.7 Å². The lowest BCUT2D eigenvalue weighted by molar-refractivity contribution is 0.306. The van der Waals surface area contributed by atoms with Gasteiger partial charge in [0.1, 0.15) is 12.4 Å². The molecule has 2 aromatic heterocycles. The van der Waals surface area contributed by atoms with Gasteiger partial charge >= 0.3 is 0 Å². The lowest BCUT2D eigenvalue weighted by atomic mass is 9.84. The fraction of sp³-hybridized carbons (Fsp3) is 0.280. The Morgan fingerprint density at radius 3 is 2.47 bits per heavy atom. The van der Waals surface area contributed by atoms with Crippen molar-refractivity contribution < 1.29 is 4.74 Å². The molecule has 5 heteroatoms. The van der Waals surface area contributed by atoms with Gasteiger partial charge in [-0.1, -0.05) is 61.7 Å². The van der Waals surface area contributed by atoms with Gasteiger partial charge in [0.25, 0.3) is 0 Å². The number of nitrogens with zero attached hydrogens (tertiary/aromatic N) is 3. The van der Waals surface area contributed by atoms with Crippen molar-refractivity contribution in [3.63, 3.8) is 0 Å². The SMILES string of the molecule is Nc1cnn2c(C3CCCCC3)c(-c3ccc(OCc4ccccc4)cc3)cnc12. The van der Waals surface area contributed by atoms with E-state index in [2.05, 4.69) is 34.3 Å². The number of rotatable bonds is 5. The second kappa shape index (κ2) is 8.19. The number of benzene rings is 2. The maximum atomic E-state index is 6.10. The largest absolute Gasteiger partial charge is 0.489 e. The van der Waals surface area contributed by atoms with Gasteiger partial charge in [-0.25, -0.2) is 9.50 Å². The molecule has 2 N–H and O–H groups in total. The monoisotopic (exact) mass is 398 g/mol. The fourth-order valence-electron chi connectivity index (χ4n) is 4.43. The van der Waals surface area contributed by atoms with Crippen LogP contribution < -0.4 is 10.5 Å². The molecule has 30 heavy (non-hydrogen) atoms. The van der Waals surface area contributed by atoms with Gasteiger partial charge < -0.3 is 10.5 Å². The van der Waals surface area contributed by atoms with Gasteiger partial charge in [-0.3, -0.25) is 0 Å². The van der Waals surface area contributed by atoms with E-state index in [0.717, 1.165) is 28.1 Å². The zero-order valence-electron chi connectivity index (χ0n) is 17.0. The zero-order chi connectivity index (χ0) is 20.3. The summed E-state index contributed by atoms with van der Waals surface area (Å²) in [5, 5.41) is 4.56. The second-order valence-corrected chi connectivity index (χ2v) is 8.03. The van der Waals surface area contributed by atoms with Crippen LogP contribution in [0.2, 0.25) is 0 Å². The maximum Gasteiger partial charge on any atom is 0.178 e. The number of fused-ring (bicyclic) bond motifs is 1. The predicted octanol–water partition coefficient (Wildman–Crippen LogP) is 5.61. The Kier molecular flexibility index (Phi) is 5.10. The average molecular weight is 399 g/mol. The molecule has 1 saturated carbocycles. The molecular weight excluding hydrogens is 372 g/mol. The summed E-state index contributed by atoms with van der Waals surface area (Å²) in [5.74, 6) is 1.34. The minimum Gasteiger partial charge on any atom is -0.489 e. The van der Waals surface area contributed by atoms with Crippen molar-refractivity contribution >= 4 is 11.3 Å². The van der Waals surface area contributed by atoms with Crippen molar-refractivity contribution in [3.8, 4) is 16.9 Å². The molecule has 2 aromatic carbocycles. The predicted molar refractivity (Wildman–Crippen MR) is 119 cm³/mol. The van der Waals surface area contributed by atoms with Crippen molar-refractivity contribution in [2.75, 3.05) is 5.73 Å². The number of hydrogen-bond acceptors (Lipinski definition) is 4. The lowest BCUT2D eigenvalue weighted by Gasteiger charge is -2.25. The van der Waals surface area contributed by atoms with E-state index < -0.39 is 0 Å². The standard InChI is InChI=1S/C25H26N4O/c26-23-16-28-29-24(20-9-5-2-6-10-20)22(15-27-25(23)29)19-11-13-21(14-12-19)30-17-18-7-3-1-4-8-18/h1,3-4,7-8,11-16,20H,2,5-6,9-10,17,26H2. The van der Waals surface area contributed by atoms with Gasteiger partial charge in [-0.05, 0) is 36.1 Å². The Hall–Kier alpha value is -3.34. The Labute approximate surface area is 176 Å². The molecule has 0 atom stereocenters. The van der Waals surface area contributed by atoms with Crippen LogP contribution in [0.3, 0.4) is 0 Å². The van der Waals surface area contributed by atoms with Crippen molar-refractivity contribution in [2.24, 2.45) is 0 Å². The topological polar surface area (TPSA) is 65.4 Å². The van der Waals surface area contributed by atoms with E-state index >= 15 is 0 Å². The van der Waals surface area contributed by atoms with Crippen LogP contribution in [0.5, 0.6) is 5.75 Å². The molecule has 0 spiro atoms. The summed E-state index contributed by atoms with van der Waals surface area (Å²) in [5.41, 5.74) is 12.1. The molecule has 5 rings (SSSR count).